The van der Waals surface area contributed by atoms with Gasteiger partial charge < -0.3 is 15.2 Å². The molecule has 2 aromatic carbocycles. The maximum absolute atomic E-state index is 13.2. The monoisotopic (exact) mass is 399 g/mol. The van der Waals surface area contributed by atoms with Crippen molar-refractivity contribution >= 4 is 23.2 Å². The molecule has 1 aromatic heterocycles. The van der Waals surface area contributed by atoms with Gasteiger partial charge in [0.2, 0.25) is 0 Å². The zero-order chi connectivity index (χ0) is 19.9. The fourth-order valence-corrected chi connectivity index (χ4v) is 3.40. The summed E-state index contributed by atoms with van der Waals surface area (Å²) in [5, 5.41) is 13.7. The highest BCUT2D eigenvalue weighted by Gasteiger charge is 2.19. The van der Waals surface area contributed by atoms with Gasteiger partial charge >= 0.3 is 5.97 Å². The van der Waals surface area contributed by atoms with Crippen LogP contribution >= 0.6 is 11.3 Å². The van der Waals surface area contributed by atoms with Crippen LogP contribution in [0.2, 0.25) is 0 Å². The van der Waals surface area contributed by atoms with Gasteiger partial charge in [0.1, 0.15) is 5.82 Å². The molecule has 0 bridgehead atoms. The number of thiophene rings is 1. The van der Waals surface area contributed by atoms with Crippen molar-refractivity contribution in [1.82, 2.24) is 5.32 Å². The van der Waals surface area contributed by atoms with Crippen molar-refractivity contribution in [1.29, 1.82) is 0 Å². The zero-order valence-electron chi connectivity index (χ0n) is 14.8. The predicted octanol–water partition coefficient (Wildman–Crippen LogP) is 3.44. The van der Waals surface area contributed by atoms with Crippen LogP contribution in [0, 0.1) is 5.82 Å². The average molecular weight is 399 g/mol. The second-order valence-electron chi connectivity index (χ2n) is 6.00. The Morgan fingerprint density at radius 3 is 2.39 bits per heavy atom. The molecule has 0 fully saturated rings. The van der Waals surface area contributed by atoms with E-state index < -0.39 is 24.5 Å². The predicted molar refractivity (Wildman–Crippen MR) is 103 cm³/mol. The highest BCUT2D eigenvalue weighted by atomic mass is 32.1. The number of ether oxygens (including phenoxy) is 1. The van der Waals surface area contributed by atoms with Crippen LogP contribution in [-0.2, 0) is 16.1 Å². The van der Waals surface area contributed by atoms with Crippen LogP contribution in [0.1, 0.15) is 32.4 Å². The molecule has 1 unspecified atom stereocenters. The summed E-state index contributed by atoms with van der Waals surface area (Å²) < 4.78 is 18.3. The minimum atomic E-state index is -0.630. The third-order valence-corrected chi connectivity index (χ3v) is 4.98. The molecular formula is C21H18FNO4S. The van der Waals surface area contributed by atoms with E-state index in [1.165, 1.54) is 35.6 Å². The van der Waals surface area contributed by atoms with E-state index in [9.17, 15) is 14.0 Å². The summed E-state index contributed by atoms with van der Waals surface area (Å²) in [6.07, 6.45) is 0. The molecule has 0 saturated carbocycles. The Kier molecular flexibility index (Phi) is 6.52. The summed E-state index contributed by atoms with van der Waals surface area (Å²) in [6, 6.07) is 15.4. The molecule has 0 spiro atoms. The van der Waals surface area contributed by atoms with Crippen molar-refractivity contribution in [2.75, 3.05) is 6.61 Å². The largest absolute Gasteiger partial charge is 0.452 e. The number of carbonyl (C=O) groups excluding carboxylic acids is 2. The fraction of sp³-hybridized carbons (Fsp3) is 0.143. The quantitative estimate of drug-likeness (QED) is 0.597. The van der Waals surface area contributed by atoms with Crippen molar-refractivity contribution < 1.29 is 23.8 Å². The molecule has 144 valence electrons. The Morgan fingerprint density at radius 2 is 1.79 bits per heavy atom. The molecule has 0 radical (unpaired) electrons. The van der Waals surface area contributed by atoms with Crippen LogP contribution in [0.5, 0.6) is 0 Å². The lowest BCUT2D eigenvalue weighted by Gasteiger charge is -2.18. The summed E-state index contributed by atoms with van der Waals surface area (Å²) in [4.78, 5) is 25.3. The molecule has 28 heavy (non-hydrogen) atoms. The van der Waals surface area contributed by atoms with Crippen molar-refractivity contribution in [3.63, 3.8) is 0 Å². The second-order valence-corrected chi connectivity index (χ2v) is 6.98. The van der Waals surface area contributed by atoms with Gasteiger partial charge in [-0.15, -0.1) is 11.3 Å². The molecule has 0 aliphatic carbocycles. The van der Waals surface area contributed by atoms with Crippen LogP contribution in [0.4, 0.5) is 4.39 Å². The molecular weight excluding hydrogens is 381 g/mol. The smallest absolute Gasteiger partial charge is 0.338 e. The third kappa shape index (κ3) is 5.03. The molecule has 1 atom stereocenters. The van der Waals surface area contributed by atoms with Gasteiger partial charge in [-0.1, -0.05) is 30.3 Å². The Bertz CT molecular complexity index is 924. The molecule has 2 N–H and O–H groups in total. The van der Waals surface area contributed by atoms with E-state index in [-0.39, 0.29) is 12.4 Å². The Balaban J connectivity index is 1.63. The third-order valence-electron chi connectivity index (χ3n) is 4.04. The Labute approximate surface area is 165 Å². The Morgan fingerprint density at radius 1 is 1.07 bits per heavy atom. The number of nitrogens with one attached hydrogen (secondary N) is 1. The van der Waals surface area contributed by atoms with Crippen molar-refractivity contribution in [3.05, 3.63) is 93.4 Å². The number of aliphatic hydroxyl groups is 1. The minimum Gasteiger partial charge on any atom is -0.452 e. The van der Waals surface area contributed by atoms with Crippen molar-refractivity contribution in [2.45, 2.75) is 12.6 Å². The standard InChI is InChI=1S/C21H18FNO4S/c22-17-9-7-15(8-10-17)20(18-2-1-11-28-18)23-19(25)13-27-21(26)16-5-3-14(12-24)4-6-16/h1-11,20,24H,12-13H2,(H,23,25). The van der Waals surface area contributed by atoms with Gasteiger partial charge in [-0.2, -0.15) is 0 Å². The summed E-state index contributed by atoms with van der Waals surface area (Å²) >= 11 is 1.46. The lowest BCUT2D eigenvalue weighted by Crippen LogP contribution is -2.32. The Hall–Kier alpha value is -3.03. The van der Waals surface area contributed by atoms with E-state index in [4.69, 9.17) is 9.84 Å². The van der Waals surface area contributed by atoms with Crippen LogP contribution in [0.3, 0.4) is 0 Å². The van der Waals surface area contributed by atoms with Crippen molar-refractivity contribution in [3.8, 4) is 0 Å². The van der Waals surface area contributed by atoms with E-state index in [2.05, 4.69) is 5.32 Å². The van der Waals surface area contributed by atoms with Gasteiger partial charge in [0.25, 0.3) is 5.91 Å². The summed E-state index contributed by atoms with van der Waals surface area (Å²) in [7, 11) is 0. The number of amides is 1. The topological polar surface area (TPSA) is 75.6 Å². The van der Waals surface area contributed by atoms with Crippen LogP contribution in [0.15, 0.2) is 66.0 Å². The lowest BCUT2D eigenvalue weighted by atomic mass is 10.1. The molecule has 0 saturated heterocycles. The number of aliphatic hydroxyl groups excluding tert-OH is 1. The van der Waals surface area contributed by atoms with E-state index >= 15 is 0 Å². The maximum Gasteiger partial charge on any atom is 0.338 e. The first kappa shape index (κ1) is 19.7. The number of rotatable bonds is 7. The number of carbonyl (C=O) groups is 2. The number of benzene rings is 2. The summed E-state index contributed by atoms with van der Waals surface area (Å²) in [6.45, 7) is -0.561. The van der Waals surface area contributed by atoms with Crippen molar-refractivity contribution in [2.24, 2.45) is 0 Å². The number of hydrogen-bond donors (Lipinski definition) is 2. The summed E-state index contributed by atoms with van der Waals surface area (Å²) in [5.41, 5.74) is 1.69. The van der Waals surface area contributed by atoms with E-state index in [1.807, 2.05) is 17.5 Å². The van der Waals surface area contributed by atoms with E-state index in [1.54, 1.807) is 24.3 Å². The summed E-state index contributed by atoms with van der Waals surface area (Å²) in [5.74, 6) is -1.46. The van der Waals surface area contributed by atoms with Gasteiger partial charge in [-0.25, -0.2) is 9.18 Å². The van der Waals surface area contributed by atoms with Gasteiger partial charge in [-0.05, 0) is 46.8 Å². The molecule has 3 aromatic rings. The van der Waals surface area contributed by atoms with Gasteiger partial charge in [0, 0.05) is 4.88 Å². The zero-order valence-corrected chi connectivity index (χ0v) is 15.6. The number of esters is 1. The highest BCUT2D eigenvalue weighted by molar-refractivity contribution is 7.10. The molecule has 1 heterocycles. The fourth-order valence-electron chi connectivity index (χ4n) is 2.59. The highest BCUT2D eigenvalue weighted by Crippen LogP contribution is 2.26. The lowest BCUT2D eigenvalue weighted by molar-refractivity contribution is -0.124. The molecule has 0 aliphatic rings. The molecule has 3 rings (SSSR count). The van der Waals surface area contributed by atoms with Crippen LogP contribution in [0.25, 0.3) is 0 Å². The van der Waals surface area contributed by atoms with Gasteiger partial charge in [0.15, 0.2) is 6.61 Å². The first-order valence-electron chi connectivity index (χ1n) is 8.52. The van der Waals surface area contributed by atoms with Crippen LogP contribution in [-0.4, -0.2) is 23.6 Å². The second kappa shape index (κ2) is 9.25. The molecule has 7 heteroatoms. The normalized spacial score (nSPS) is 11.6. The SMILES string of the molecule is O=C(COC(=O)c1ccc(CO)cc1)NC(c1ccc(F)cc1)c1cccs1. The maximum atomic E-state index is 13.2. The number of hydrogen-bond acceptors (Lipinski definition) is 5. The molecule has 0 aliphatic heterocycles. The van der Waals surface area contributed by atoms with E-state index in [0.717, 1.165) is 10.4 Å². The average Bonchev–Trinajstić information content (AvgIpc) is 3.25. The van der Waals surface area contributed by atoms with E-state index in [0.29, 0.717) is 11.1 Å². The first-order valence-corrected chi connectivity index (χ1v) is 9.40. The van der Waals surface area contributed by atoms with Crippen LogP contribution < -0.4 is 5.32 Å². The molecule has 5 nitrogen and oxygen atoms in total. The number of halogens is 1. The molecule has 1 amide bonds. The van der Waals surface area contributed by atoms with Gasteiger partial charge in [0.05, 0.1) is 18.2 Å². The first-order chi connectivity index (χ1) is 13.6. The minimum absolute atomic E-state index is 0.120. The van der Waals surface area contributed by atoms with Gasteiger partial charge in [-0.3, -0.25) is 4.79 Å².